The van der Waals surface area contributed by atoms with E-state index in [1.165, 1.54) is 0 Å². The molecule has 0 unspecified atom stereocenters. The number of anilines is 1. The van der Waals surface area contributed by atoms with Gasteiger partial charge in [-0.3, -0.25) is 4.79 Å². The van der Waals surface area contributed by atoms with E-state index in [9.17, 15) is 4.79 Å². The molecule has 1 amide bonds. The van der Waals surface area contributed by atoms with E-state index in [2.05, 4.69) is 22.5 Å². The first-order valence-corrected chi connectivity index (χ1v) is 11.0. The van der Waals surface area contributed by atoms with E-state index in [0.29, 0.717) is 11.9 Å². The number of carbonyl (C=O) groups excluding carboxylic acids is 1. The number of unbranched alkanes of at least 4 members (excludes halogenated alkanes) is 1. The molecule has 3 heterocycles. The van der Waals surface area contributed by atoms with Gasteiger partial charge in [0.15, 0.2) is 5.82 Å². The standard InChI is InChI=1S/C23H31N5O2/c1-3-20-26-21-22(18-8-4-5-9-19(18)25-23(21)24)28(20)13-7-6-12-27(16(2)29)17-10-14-30-15-11-17/h4-5,8-9,17H,3,6-7,10-15H2,1-2H3,(H2,24,25). The van der Waals surface area contributed by atoms with Gasteiger partial charge < -0.3 is 19.9 Å². The highest BCUT2D eigenvalue weighted by molar-refractivity contribution is 6.06. The summed E-state index contributed by atoms with van der Waals surface area (Å²) < 4.78 is 7.75. The molecule has 1 fully saturated rings. The van der Waals surface area contributed by atoms with Gasteiger partial charge in [-0.2, -0.15) is 0 Å². The number of imidazole rings is 1. The van der Waals surface area contributed by atoms with Crippen LogP contribution in [0.15, 0.2) is 24.3 Å². The summed E-state index contributed by atoms with van der Waals surface area (Å²) >= 11 is 0. The number of nitrogens with two attached hydrogens (primary N) is 1. The molecule has 0 bridgehead atoms. The van der Waals surface area contributed by atoms with Crippen LogP contribution in [0.3, 0.4) is 0 Å². The molecule has 7 nitrogen and oxygen atoms in total. The fourth-order valence-corrected chi connectivity index (χ4v) is 4.56. The van der Waals surface area contributed by atoms with Crippen molar-refractivity contribution in [3.8, 4) is 0 Å². The zero-order valence-corrected chi connectivity index (χ0v) is 17.9. The van der Waals surface area contributed by atoms with Gasteiger partial charge in [0.25, 0.3) is 0 Å². The summed E-state index contributed by atoms with van der Waals surface area (Å²) in [4.78, 5) is 23.5. The maximum atomic E-state index is 12.2. The highest BCUT2D eigenvalue weighted by Gasteiger charge is 2.23. The number of ether oxygens (including phenoxy) is 1. The lowest BCUT2D eigenvalue weighted by Gasteiger charge is -2.33. The van der Waals surface area contributed by atoms with Crippen molar-refractivity contribution >= 4 is 33.7 Å². The lowest BCUT2D eigenvalue weighted by atomic mass is 10.1. The summed E-state index contributed by atoms with van der Waals surface area (Å²) in [6.07, 6.45) is 4.64. The first-order valence-electron chi connectivity index (χ1n) is 11.0. The number of nitrogens with zero attached hydrogens (tertiary/aromatic N) is 4. The molecule has 1 aliphatic rings. The number of pyridine rings is 1. The normalized spacial score (nSPS) is 15.1. The van der Waals surface area contributed by atoms with Crippen molar-refractivity contribution in [1.29, 1.82) is 0 Å². The van der Waals surface area contributed by atoms with Crippen molar-refractivity contribution in [2.24, 2.45) is 0 Å². The second-order valence-electron chi connectivity index (χ2n) is 8.01. The molecule has 30 heavy (non-hydrogen) atoms. The van der Waals surface area contributed by atoms with Crippen LogP contribution in [0.25, 0.3) is 21.9 Å². The van der Waals surface area contributed by atoms with Crippen molar-refractivity contribution in [3.05, 3.63) is 30.1 Å². The Morgan fingerprint density at radius 1 is 1.23 bits per heavy atom. The molecule has 3 aromatic rings. The largest absolute Gasteiger partial charge is 0.382 e. The van der Waals surface area contributed by atoms with Crippen molar-refractivity contribution in [2.75, 3.05) is 25.5 Å². The molecule has 1 saturated heterocycles. The van der Waals surface area contributed by atoms with E-state index in [0.717, 1.165) is 86.2 Å². The molecule has 2 aromatic heterocycles. The topological polar surface area (TPSA) is 86.3 Å². The van der Waals surface area contributed by atoms with Gasteiger partial charge in [0.1, 0.15) is 11.3 Å². The summed E-state index contributed by atoms with van der Waals surface area (Å²) in [6.45, 7) is 6.93. The number of aromatic nitrogens is 3. The lowest BCUT2D eigenvalue weighted by Crippen LogP contribution is -2.42. The first kappa shape index (κ1) is 20.6. The Kier molecular flexibility index (Phi) is 6.18. The third-order valence-corrected chi connectivity index (χ3v) is 6.07. The third-order valence-electron chi connectivity index (χ3n) is 6.07. The number of aryl methyl sites for hydroxylation is 2. The van der Waals surface area contributed by atoms with E-state index in [1.54, 1.807) is 6.92 Å². The number of hydrogen-bond acceptors (Lipinski definition) is 5. The van der Waals surface area contributed by atoms with Crippen LogP contribution in [-0.2, 0) is 22.5 Å². The lowest BCUT2D eigenvalue weighted by molar-refractivity contribution is -0.133. The quantitative estimate of drug-likeness (QED) is 0.603. The van der Waals surface area contributed by atoms with E-state index >= 15 is 0 Å². The number of rotatable bonds is 7. The second-order valence-corrected chi connectivity index (χ2v) is 8.01. The van der Waals surface area contributed by atoms with Crippen LogP contribution in [0.2, 0.25) is 0 Å². The van der Waals surface area contributed by atoms with Gasteiger partial charge in [-0.15, -0.1) is 0 Å². The second kappa shape index (κ2) is 9.00. The Morgan fingerprint density at radius 3 is 2.73 bits per heavy atom. The third kappa shape index (κ3) is 3.99. The molecule has 4 rings (SSSR count). The molecule has 2 N–H and O–H groups in total. The SMILES string of the molecule is CCc1nc2c(N)nc3ccccc3c2n1CCCCN(C(C)=O)C1CCOCC1. The molecular weight excluding hydrogens is 378 g/mol. The summed E-state index contributed by atoms with van der Waals surface area (Å²) in [7, 11) is 0. The number of benzene rings is 1. The van der Waals surface area contributed by atoms with Gasteiger partial charge in [-0.1, -0.05) is 25.1 Å². The maximum Gasteiger partial charge on any atom is 0.219 e. The van der Waals surface area contributed by atoms with Gasteiger partial charge in [-0.25, -0.2) is 9.97 Å². The van der Waals surface area contributed by atoms with Crippen LogP contribution in [0, 0.1) is 0 Å². The number of amides is 1. The molecule has 160 valence electrons. The first-order chi connectivity index (χ1) is 14.6. The van der Waals surface area contributed by atoms with Gasteiger partial charge in [0, 0.05) is 51.1 Å². The number of para-hydroxylation sites is 1. The molecule has 1 aromatic carbocycles. The molecule has 0 spiro atoms. The van der Waals surface area contributed by atoms with Crippen LogP contribution >= 0.6 is 0 Å². The Bertz CT molecular complexity index is 1040. The average Bonchev–Trinajstić information content (AvgIpc) is 3.13. The van der Waals surface area contributed by atoms with Crippen LogP contribution in [0.4, 0.5) is 5.82 Å². The summed E-state index contributed by atoms with van der Waals surface area (Å²) in [5, 5.41) is 1.08. The van der Waals surface area contributed by atoms with Gasteiger partial charge >= 0.3 is 0 Å². The molecule has 7 heteroatoms. The van der Waals surface area contributed by atoms with Crippen molar-refractivity contribution < 1.29 is 9.53 Å². The Labute approximate surface area is 177 Å². The minimum absolute atomic E-state index is 0.161. The van der Waals surface area contributed by atoms with E-state index in [-0.39, 0.29) is 5.91 Å². The van der Waals surface area contributed by atoms with E-state index in [4.69, 9.17) is 15.5 Å². The van der Waals surface area contributed by atoms with Crippen LogP contribution in [-0.4, -0.2) is 51.1 Å². The summed E-state index contributed by atoms with van der Waals surface area (Å²) in [6, 6.07) is 8.40. The minimum Gasteiger partial charge on any atom is -0.382 e. The smallest absolute Gasteiger partial charge is 0.219 e. The van der Waals surface area contributed by atoms with Crippen molar-refractivity contribution in [3.63, 3.8) is 0 Å². The number of hydrogen-bond donors (Lipinski definition) is 1. The molecule has 1 aliphatic heterocycles. The van der Waals surface area contributed by atoms with Crippen LogP contribution in [0.5, 0.6) is 0 Å². The fraction of sp³-hybridized carbons (Fsp3) is 0.522. The molecule has 0 atom stereocenters. The van der Waals surface area contributed by atoms with Gasteiger partial charge in [0.2, 0.25) is 5.91 Å². The number of fused-ring (bicyclic) bond motifs is 3. The average molecular weight is 410 g/mol. The monoisotopic (exact) mass is 409 g/mol. The van der Waals surface area contributed by atoms with E-state index in [1.807, 2.05) is 23.1 Å². The maximum absolute atomic E-state index is 12.2. The van der Waals surface area contributed by atoms with E-state index < -0.39 is 0 Å². The molecule has 0 saturated carbocycles. The highest BCUT2D eigenvalue weighted by atomic mass is 16.5. The fourth-order valence-electron chi connectivity index (χ4n) is 4.56. The molecular formula is C23H31N5O2. The zero-order chi connectivity index (χ0) is 21.1. The van der Waals surface area contributed by atoms with Crippen molar-refractivity contribution in [1.82, 2.24) is 19.4 Å². The summed E-state index contributed by atoms with van der Waals surface area (Å²) in [5.41, 5.74) is 8.99. The molecule has 0 aliphatic carbocycles. The van der Waals surface area contributed by atoms with Crippen LogP contribution < -0.4 is 5.73 Å². The minimum atomic E-state index is 0.161. The number of nitrogen functional groups attached to an aromatic ring is 1. The van der Waals surface area contributed by atoms with Gasteiger partial charge in [-0.05, 0) is 31.7 Å². The zero-order valence-electron chi connectivity index (χ0n) is 17.9. The highest BCUT2D eigenvalue weighted by Crippen LogP contribution is 2.29. The predicted octanol–water partition coefficient (Wildman–Crippen LogP) is 3.54. The Hall–Kier alpha value is -2.67. The Balaban J connectivity index is 1.53. The van der Waals surface area contributed by atoms with Crippen molar-refractivity contribution in [2.45, 2.75) is 58.5 Å². The number of carbonyl (C=O) groups is 1. The van der Waals surface area contributed by atoms with Crippen LogP contribution in [0.1, 0.15) is 45.4 Å². The Morgan fingerprint density at radius 2 is 2.00 bits per heavy atom. The van der Waals surface area contributed by atoms with Gasteiger partial charge in [0.05, 0.1) is 11.0 Å². The predicted molar refractivity (Wildman–Crippen MR) is 119 cm³/mol. The summed E-state index contributed by atoms with van der Waals surface area (Å²) in [5.74, 6) is 1.68. The molecule has 0 radical (unpaired) electrons.